The maximum absolute atomic E-state index is 12.2. The minimum Gasteiger partial charge on any atom is -0.325 e. The van der Waals surface area contributed by atoms with Gasteiger partial charge in [0.1, 0.15) is 0 Å². The summed E-state index contributed by atoms with van der Waals surface area (Å²) in [5.74, 6) is 0.263. The van der Waals surface area contributed by atoms with Crippen molar-refractivity contribution in [2.45, 2.75) is 30.7 Å². The number of halogens is 1. The van der Waals surface area contributed by atoms with Crippen molar-refractivity contribution in [1.29, 1.82) is 0 Å². The molecule has 4 rings (SSSR count). The van der Waals surface area contributed by atoms with Gasteiger partial charge in [-0.3, -0.25) is 9.78 Å². The van der Waals surface area contributed by atoms with Crippen LogP contribution >= 0.6 is 12.4 Å². The monoisotopic (exact) mass is 393 g/mol. The van der Waals surface area contributed by atoms with Gasteiger partial charge in [-0.15, -0.1) is 12.4 Å². The minimum atomic E-state index is -0.132. The second-order valence-corrected chi connectivity index (χ2v) is 7.29. The van der Waals surface area contributed by atoms with Gasteiger partial charge in [-0.1, -0.05) is 42.5 Å². The van der Waals surface area contributed by atoms with Crippen molar-refractivity contribution in [3.63, 3.8) is 0 Å². The molecule has 0 aliphatic heterocycles. The number of nitrogens with two attached hydrogens (primary N) is 1. The highest BCUT2D eigenvalue weighted by Gasteiger charge is 2.50. The molecule has 5 heteroatoms. The summed E-state index contributed by atoms with van der Waals surface area (Å²) in [6.07, 6.45) is 6.24. The van der Waals surface area contributed by atoms with Gasteiger partial charge in [-0.25, -0.2) is 0 Å². The maximum atomic E-state index is 12.2. The number of hydrogen-bond donors (Lipinski definition) is 2. The lowest BCUT2D eigenvalue weighted by Gasteiger charge is -2.12. The molecule has 1 amide bonds. The van der Waals surface area contributed by atoms with E-state index < -0.39 is 0 Å². The summed E-state index contributed by atoms with van der Waals surface area (Å²) in [6, 6.07) is 21.9. The van der Waals surface area contributed by atoms with Crippen molar-refractivity contribution >= 4 is 24.0 Å². The van der Waals surface area contributed by atoms with Crippen molar-refractivity contribution in [3.05, 3.63) is 95.8 Å². The Bertz CT molecular complexity index is 916. The summed E-state index contributed by atoms with van der Waals surface area (Å²) in [5.41, 5.74) is 10.4. The number of aromatic nitrogens is 1. The molecule has 4 nitrogen and oxygen atoms in total. The molecule has 2 atom stereocenters. The van der Waals surface area contributed by atoms with E-state index >= 15 is 0 Å². The van der Waals surface area contributed by atoms with E-state index in [0.717, 1.165) is 24.9 Å². The largest absolute Gasteiger partial charge is 0.325 e. The van der Waals surface area contributed by atoms with E-state index in [1.165, 1.54) is 11.1 Å². The zero-order chi connectivity index (χ0) is 18.7. The quantitative estimate of drug-likeness (QED) is 0.644. The third-order valence-electron chi connectivity index (χ3n) is 5.35. The number of benzene rings is 2. The molecule has 0 spiro atoms. The van der Waals surface area contributed by atoms with Gasteiger partial charge in [0.2, 0.25) is 0 Å². The number of pyridine rings is 1. The first-order chi connectivity index (χ1) is 13.1. The molecular weight excluding hydrogens is 370 g/mol. The summed E-state index contributed by atoms with van der Waals surface area (Å²) >= 11 is 0. The Morgan fingerprint density at radius 2 is 1.71 bits per heavy atom. The molecular formula is C23H24ClN3O. The Kier molecular flexibility index (Phi) is 6.12. The molecule has 0 saturated heterocycles. The first-order valence-corrected chi connectivity index (χ1v) is 9.28. The fourth-order valence-corrected chi connectivity index (χ4v) is 3.57. The number of carbonyl (C=O) groups excluding carboxylic acids is 1. The smallest absolute Gasteiger partial charge is 0.255 e. The topological polar surface area (TPSA) is 68.0 Å². The normalized spacial score (nSPS) is 20.1. The highest BCUT2D eigenvalue weighted by Crippen LogP contribution is 2.52. The molecule has 0 radical (unpaired) electrons. The molecule has 0 bridgehead atoms. The van der Waals surface area contributed by atoms with Crippen LogP contribution in [0.3, 0.4) is 0 Å². The van der Waals surface area contributed by atoms with Gasteiger partial charge in [0.15, 0.2) is 0 Å². The van der Waals surface area contributed by atoms with Crippen molar-refractivity contribution in [3.8, 4) is 0 Å². The number of aryl methyl sites for hydroxylation is 1. The summed E-state index contributed by atoms with van der Waals surface area (Å²) in [5, 5.41) is 2.91. The summed E-state index contributed by atoms with van der Waals surface area (Å²) in [4.78, 5) is 16.1. The highest BCUT2D eigenvalue weighted by molar-refractivity contribution is 6.04. The predicted octanol–water partition coefficient (Wildman–Crippen LogP) is 4.57. The molecule has 1 heterocycles. The number of nitrogens with zero attached hydrogens (tertiary/aromatic N) is 1. The van der Waals surface area contributed by atoms with Gasteiger partial charge in [0.25, 0.3) is 5.91 Å². The lowest BCUT2D eigenvalue weighted by atomic mass is 9.99. The Morgan fingerprint density at radius 3 is 2.39 bits per heavy atom. The van der Waals surface area contributed by atoms with Crippen LogP contribution in [0.5, 0.6) is 0 Å². The van der Waals surface area contributed by atoms with Crippen molar-refractivity contribution in [1.82, 2.24) is 4.98 Å². The first-order valence-electron chi connectivity index (χ1n) is 9.28. The van der Waals surface area contributed by atoms with E-state index in [0.29, 0.717) is 11.5 Å². The molecule has 3 aromatic rings. The number of hydrogen-bond acceptors (Lipinski definition) is 3. The third kappa shape index (κ3) is 4.58. The van der Waals surface area contributed by atoms with Crippen LogP contribution in [0.25, 0.3) is 0 Å². The molecule has 1 aliphatic rings. The van der Waals surface area contributed by atoms with Gasteiger partial charge in [-0.05, 0) is 54.7 Å². The van der Waals surface area contributed by atoms with Gasteiger partial charge in [0.05, 0.1) is 0 Å². The molecule has 1 aliphatic carbocycles. The first kappa shape index (κ1) is 20.1. The minimum absolute atomic E-state index is 0. The molecule has 1 aromatic heterocycles. The average Bonchev–Trinajstić information content (AvgIpc) is 3.40. The Labute approximate surface area is 171 Å². The molecule has 28 heavy (non-hydrogen) atoms. The lowest BCUT2D eigenvalue weighted by molar-refractivity contribution is 0.102. The third-order valence-corrected chi connectivity index (χ3v) is 5.35. The zero-order valence-electron chi connectivity index (χ0n) is 15.5. The standard InChI is InChI=1S/C23H23N3O.ClH/c24-23(13-10-17-4-2-1-3-5-17)16-21(23)18-6-8-20(9-7-18)26-22(27)19-11-14-25-15-12-19;/h1-9,11-12,14-15,21H,10,13,16,24H2,(H,26,27);1H/t21-,23-;/m0./s1. The molecule has 1 fully saturated rings. The van der Waals surface area contributed by atoms with Gasteiger partial charge in [-0.2, -0.15) is 0 Å². The fourth-order valence-electron chi connectivity index (χ4n) is 3.57. The van der Waals surface area contributed by atoms with Crippen molar-refractivity contribution < 1.29 is 4.79 Å². The van der Waals surface area contributed by atoms with Crippen molar-refractivity contribution in [2.24, 2.45) is 5.73 Å². The number of nitrogens with one attached hydrogen (secondary N) is 1. The summed E-state index contributed by atoms with van der Waals surface area (Å²) < 4.78 is 0. The fraction of sp³-hybridized carbons (Fsp3) is 0.217. The average molecular weight is 394 g/mol. The second kappa shape index (κ2) is 8.55. The molecule has 144 valence electrons. The zero-order valence-corrected chi connectivity index (χ0v) is 16.4. The van der Waals surface area contributed by atoms with Gasteiger partial charge < -0.3 is 11.1 Å². The Hall–Kier alpha value is -2.69. The van der Waals surface area contributed by atoms with Crippen LogP contribution in [0.4, 0.5) is 5.69 Å². The van der Waals surface area contributed by atoms with Gasteiger partial charge >= 0.3 is 0 Å². The molecule has 1 saturated carbocycles. The van der Waals surface area contributed by atoms with Crippen LogP contribution in [0, 0.1) is 0 Å². The SMILES string of the molecule is Cl.N[C@@]1(CCc2ccccc2)C[C@H]1c1ccc(NC(=O)c2ccncc2)cc1. The van der Waals surface area contributed by atoms with Crippen molar-refractivity contribution in [2.75, 3.05) is 5.32 Å². The Balaban J connectivity index is 0.00000225. The second-order valence-electron chi connectivity index (χ2n) is 7.29. The maximum Gasteiger partial charge on any atom is 0.255 e. The van der Waals surface area contributed by atoms with Crippen LogP contribution in [-0.2, 0) is 6.42 Å². The molecule has 2 aromatic carbocycles. The van der Waals surface area contributed by atoms with Gasteiger partial charge in [0, 0.05) is 35.1 Å². The predicted molar refractivity (Wildman–Crippen MR) is 115 cm³/mol. The number of amides is 1. The molecule has 0 unspecified atom stereocenters. The number of rotatable bonds is 6. The number of anilines is 1. The van der Waals surface area contributed by atoms with Crippen LogP contribution in [-0.4, -0.2) is 16.4 Å². The van der Waals surface area contributed by atoms with Crippen LogP contribution in [0.2, 0.25) is 0 Å². The summed E-state index contributed by atoms with van der Waals surface area (Å²) in [6.45, 7) is 0. The van der Waals surface area contributed by atoms with E-state index in [2.05, 4.69) is 46.7 Å². The van der Waals surface area contributed by atoms with E-state index in [1.807, 2.05) is 18.2 Å². The highest BCUT2D eigenvalue weighted by atomic mass is 35.5. The van der Waals surface area contributed by atoms with E-state index in [1.54, 1.807) is 24.5 Å². The Morgan fingerprint density at radius 1 is 1.04 bits per heavy atom. The van der Waals surface area contributed by atoms with Crippen LogP contribution < -0.4 is 11.1 Å². The van der Waals surface area contributed by atoms with Crippen LogP contribution in [0.15, 0.2) is 79.1 Å². The van der Waals surface area contributed by atoms with E-state index in [-0.39, 0.29) is 23.9 Å². The molecule has 3 N–H and O–H groups in total. The summed E-state index contributed by atoms with van der Waals surface area (Å²) in [7, 11) is 0. The number of carbonyl (C=O) groups is 1. The van der Waals surface area contributed by atoms with Crippen LogP contribution in [0.1, 0.15) is 40.2 Å². The van der Waals surface area contributed by atoms with E-state index in [4.69, 9.17) is 5.73 Å². The van der Waals surface area contributed by atoms with E-state index in [9.17, 15) is 4.79 Å². The lowest BCUT2D eigenvalue weighted by Crippen LogP contribution is -2.25.